The first kappa shape index (κ1) is 11.3. The summed E-state index contributed by atoms with van der Waals surface area (Å²) >= 11 is 0. The van der Waals surface area contributed by atoms with Crippen molar-refractivity contribution in [2.75, 3.05) is 13.1 Å². The van der Waals surface area contributed by atoms with E-state index in [-0.39, 0.29) is 0 Å². The fraction of sp³-hybridized carbons (Fsp3) is 0.167. The highest BCUT2D eigenvalue weighted by molar-refractivity contribution is 5.81. The van der Waals surface area contributed by atoms with E-state index in [0.717, 1.165) is 10.9 Å². The zero-order chi connectivity index (χ0) is 12.1. The highest BCUT2D eigenvalue weighted by Crippen LogP contribution is 2.18. The van der Waals surface area contributed by atoms with Crippen molar-refractivity contribution in [3.05, 3.63) is 36.5 Å². The van der Waals surface area contributed by atoms with Crippen LogP contribution >= 0.6 is 0 Å². The van der Waals surface area contributed by atoms with Gasteiger partial charge in [-0.1, -0.05) is 6.07 Å². The Labute approximate surface area is 98.6 Å². The lowest BCUT2D eigenvalue weighted by atomic mass is 10.2. The number of nitrogens with one attached hydrogen (secondary N) is 1. The zero-order valence-corrected chi connectivity index (χ0v) is 9.22. The van der Waals surface area contributed by atoms with E-state index in [9.17, 15) is 4.79 Å². The molecule has 0 atom stereocenters. The average molecular weight is 231 g/mol. The number of pyridine rings is 1. The molecule has 0 aliphatic heterocycles. The maximum Gasteiger partial charge on any atom is 0.412 e. The Morgan fingerprint density at radius 1 is 1.41 bits per heavy atom. The monoisotopic (exact) mass is 231 g/mol. The van der Waals surface area contributed by atoms with Crippen molar-refractivity contribution < 1.29 is 9.53 Å². The van der Waals surface area contributed by atoms with Crippen molar-refractivity contribution in [2.45, 2.75) is 0 Å². The van der Waals surface area contributed by atoms with Crippen LogP contribution in [0.1, 0.15) is 0 Å². The SMILES string of the molecule is NCCNC(=O)Oc1ccc2ncccc2c1. The van der Waals surface area contributed by atoms with E-state index in [1.54, 1.807) is 24.4 Å². The molecule has 0 radical (unpaired) electrons. The molecular weight excluding hydrogens is 218 g/mol. The molecule has 5 heteroatoms. The van der Waals surface area contributed by atoms with Crippen LogP contribution in [0.4, 0.5) is 4.79 Å². The molecule has 0 spiro atoms. The lowest BCUT2D eigenvalue weighted by Crippen LogP contribution is -2.31. The molecule has 5 nitrogen and oxygen atoms in total. The van der Waals surface area contributed by atoms with Crippen LogP contribution in [-0.2, 0) is 0 Å². The minimum absolute atomic E-state index is 0.386. The maximum atomic E-state index is 11.3. The van der Waals surface area contributed by atoms with Gasteiger partial charge in [-0.3, -0.25) is 4.98 Å². The first-order valence-electron chi connectivity index (χ1n) is 5.30. The molecule has 1 amide bonds. The minimum atomic E-state index is -0.501. The molecule has 0 bridgehead atoms. The number of nitrogens with zero attached hydrogens (tertiary/aromatic N) is 1. The number of amides is 1. The van der Waals surface area contributed by atoms with Gasteiger partial charge in [0, 0.05) is 24.7 Å². The molecule has 1 aromatic carbocycles. The molecule has 0 fully saturated rings. The standard InChI is InChI=1S/C12H13N3O2/c13-5-7-15-12(16)17-10-3-4-11-9(8-10)2-1-6-14-11/h1-4,6,8H,5,7,13H2,(H,15,16). The van der Waals surface area contributed by atoms with Gasteiger partial charge in [0.15, 0.2) is 0 Å². The Balaban J connectivity index is 2.11. The highest BCUT2D eigenvalue weighted by atomic mass is 16.6. The number of benzene rings is 1. The fourth-order valence-electron chi connectivity index (χ4n) is 1.43. The summed E-state index contributed by atoms with van der Waals surface area (Å²) in [6.07, 6.45) is 1.22. The van der Waals surface area contributed by atoms with Crippen molar-refractivity contribution in [1.29, 1.82) is 0 Å². The molecule has 2 rings (SSSR count). The predicted octanol–water partition coefficient (Wildman–Crippen LogP) is 1.28. The molecule has 88 valence electrons. The second-order valence-corrected chi connectivity index (χ2v) is 3.46. The molecular formula is C12H13N3O2. The molecule has 1 heterocycles. The summed E-state index contributed by atoms with van der Waals surface area (Å²) in [5.41, 5.74) is 6.13. The first-order chi connectivity index (χ1) is 8.29. The molecule has 2 aromatic rings. The van der Waals surface area contributed by atoms with E-state index in [4.69, 9.17) is 10.5 Å². The quantitative estimate of drug-likeness (QED) is 0.834. The van der Waals surface area contributed by atoms with Gasteiger partial charge < -0.3 is 15.8 Å². The van der Waals surface area contributed by atoms with Gasteiger partial charge in [-0.15, -0.1) is 0 Å². The van der Waals surface area contributed by atoms with Crippen LogP contribution in [0, 0.1) is 0 Å². The van der Waals surface area contributed by atoms with E-state index < -0.39 is 6.09 Å². The van der Waals surface area contributed by atoms with E-state index in [1.807, 2.05) is 12.1 Å². The van der Waals surface area contributed by atoms with Crippen LogP contribution in [0.3, 0.4) is 0 Å². The van der Waals surface area contributed by atoms with Gasteiger partial charge in [-0.05, 0) is 24.3 Å². The summed E-state index contributed by atoms with van der Waals surface area (Å²) < 4.78 is 5.09. The first-order valence-corrected chi connectivity index (χ1v) is 5.30. The van der Waals surface area contributed by atoms with Gasteiger partial charge in [0.25, 0.3) is 0 Å². The predicted molar refractivity (Wildman–Crippen MR) is 64.8 cm³/mol. The lowest BCUT2D eigenvalue weighted by Gasteiger charge is -2.06. The molecule has 0 unspecified atom stereocenters. The smallest absolute Gasteiger partial charge is 0.410 e. The van der Waals surface area contributed by atoms with Gasteiger partial charge in [-0.25, -0.2) is 4.79 Å². The molecule has 0 aliphatic carbocycles. The Kier molecular flexibility index (Phi) is 3.52. The summed E-state index contributed by atoms with van der Waals surface area (Å²) in [6, 6.07) is 9.02. The number of carbonyl (C=O) groups excluding carboxylic acids is 1. The van der Waals surface area contributed by atoms with Crippen molar-refractivity contribution >= 4 is 17.0 Å². The number of hydrogen-bond donors (Lipinski definition) is 2. The van der Waals surface area contributed by atoms with Crippen molar-refractivity contribution in [2.24, 2.45) is 5.73 Å². The van der Waals surface area contributed by atoms with Crippen molar-refractivity contribution in [3.63, 3.8) is 0 Å². The molecule has 17 heavy (non-hydrogen) atoms. The van der Waals surface area contributed by atoms with Crippen molar-refractivity contribution in [1.82, 2.24) is 10.3 Å². The Morgan fingerprint density at radius 3 is 3.12 bits per heavy atom. The second-order valence-electron chi connectivity index (χ2n) is 3.46. The Bertz CT molecular complexity index is 528. The van der Waals surface area contributed by atoms with E-state index >= 15 is 0 Å². The Hall–Kier alpha value is -2.14. The molecule has 1 aromatic heterocycles. The van der Waals surface area contributed by atoms with Gasteiger partial charge in [0.05, 0.1) is 5.52 Å². The third kappa shape index (κ3) is 2.92. The molecule has 0 saturated carbocycles. The van der Waals surface area contributed by atoms with Gasteiger partial charge >= 0.3 is 6.09 Å². The third-order valence-corrected chi connectivity index (χ3v) is 2.20. The Morgan fingerprint density at radius 2 is 2.29 bits per heavy atom. The number of aromatic nitrogens is 1. The van der Waals surface area contributed by atoms with Crippen LogP contribution in [0.25, 0.3) is 10.9 Å². The molecule has 0 aliphatic rings. The van der Waals surface area contributed by atoms with E-state index in [0.29, 0.717) is 18.8 Å². The van der Waals surface area contributed by atoms with Crippen LogP contribution in [0.2, 0.25) is 0 Å². The number of rotatable bonds is 3. The van der Waals surface area contributed by atoms with Gasteiger partial charge in [-0.2, -0.15) is 0 Å². The minimum Gasteiger partial charge on any atom is -0.410 e. The van der Waals surface area contributed by atoms with Crippen molar-refractivity contribution in [3.8, 4) is 5.75 Å². The lowest BCUT2D eigenvalue weighted by molar-refractivity contribution is 0.201. The van der Waals surface area contributed by atoms with Crippen LogP contribution in [0.5, 0.6) is 5.75 Å². The second kappa shape index (κ2) is 5.27. The fourth-order valence-corrected chi connectivity index (χ4v) is 1.43. The summed E-state index contributed by atoms with van der Waals surface area (Å²) in [5.74, 6) is 0.486. The topological polar surface area (TPSA) is 77.2 Å². The summed E-state index contributed by atoms with van der Waals surface area (Å²) in [5, 5.41) is 3.45. The van der Waals surface area contributed by atoms with Gasteiger partial charge in [0.2, 0.25) is 0 Å². The largest absolute Gasteiger partial charge is 0.412 e. The van der Waals surface area contributed by atoms with E-state index in [1.165, 1.54) is 0 Å². The third-order valence-electron chi connectivity index (χ3n) is 2.20. The summed E-state index contributed by atoms with van der Waals surface area (Å²) in [6.45, 7) is 0.782. The highest BCUT2D eigenvalue weighted by Gasteiger charge is 2.03. The van der Waals surface area contributed by atoms with Crippen LogP contribution < -0.4 is 15.8 Å². The van der Waals surface area contributed by atoms with E-state index in [2.05, 4.69) is 10.3 Å². The molecule has 0 saturated heterocycles. The number of nitrogens with two attached hydrogens (primary N) is 1. The zero-order valence-electron chi connectivity index (χ0n) is 9.22. The maximum absolute atomic E-state index is 11.3. The number of ether oxygens (including phenoxy) is 1. The average Bonchev–Trinajstić information content (AvgIpc) is 2.36. The number of fused-ring (bicyclic) bond motifs is 1. The summed E-state index contributed by atoms with van der Waals surface area (Å²) in [4.78, 5) is 15.5. The van der Waals surface area contributed by atoms with Crippen LogP contribution in [-0.4, -0.2) is 24.2 Å². The number of hydrogen-bond acceptors (Lipinski definition) is 4. The van der Waals surface area contributed by atoms with Gasteiger partial charge in [0.1, 0.15) is 5.75 Å². The normalized spacial score (nSPS) is 10.2. The number of carbonyl (C=O) groups is 1. The van der Waals surface area contributed by atoms with Crippen LogP contribution in [0.15, 0.2) is 36.5 Å². The summed E-state index contributed by atoms with van der Waals surface area (Å²) in [7, 11) is 0. The molecule has 3 N–H and O–H groups in total.